The molecule has 1 fully saturated rings. The zero-order valence-corrected chi connectivity index (χ0v) is 15.4. The van der Waals surface area contributed by atoms with Crippen molar-refractivity contribution in [3.05, 3.63) is 59.4 Å². The van der Waals surface area contributed by atoms with E-state index in [9.17, 15) is 0 Å². The Labute approximate surface area is 154 Å². The second-order valence-electron chi connectivity index (χ2n) is 7.05. The number of pyridine rings is 1. The molecule has 5 heteroatoms. The predicted molar refractivity (Wildman–Crippen MR) is 106 cm³/mol. The third-order valence-electron chi connectivity index (χ3n) is 5.19. The first-order valence-corrected chi connectivity index (χ1v) is 9.45. The lowest BCUT2D eigenvalue weighted by atomic mass is 10.1. The van der Waals surface area contributed by atoms with Crippen LogP contribution < -0.4 is 11.1 Å². The average Bonchev–Trinajstić information content (AvgIpc) is 3.03. The van der Waals surface area contributed by atoms with Crippen LogP contribution in [0.4, 0.5) is 0 Å². The lowest BCUT2D eigenvalue weighted by Gasteiger charge is -2.27. The highest BCUT2D eigenvalue weighted by Gasteiger charge is 2.19. The van der Waals surface area contributed by atoms with Crippen molar-refractivity contribution in [2.75, 3.05) is 32.7 Å². The molecule has 4 rings (SSSR count). The van der Waals surface area contributed by atoms with Gasteiger partial charge in [-0.2, -0.15) is 0 Å². The van der Waals surface area contributed by atoms with Gasteiger partial charge in [0.1, 0.15) is 5.65 Å². The van der Waals surface area contributed by atoms with Crippen molar-refractivity contribution in [3.63, 3.8) is 0 Å². The Hall–Kier alpha value is -2.21. The Morgan fingerprint density at radius 3 is 2.62 bits per heavy atom. The molecule has 3 heterocycles. The van der Waals surface area contributed by atoms with E-state index in [4.69, 9.17) is 10.7 Å². The first-order valence-electron chi connectivity index (χ1n) is 9.45. The second kappa shape index (κ2) is 7.58. The molecule has 0 spiro atoms. The normalized spacial score (nSPS) is 15.6. The highest BCUT2D eigenvalue weighted by molar-refractivity contribution is 5.68. The number of aryl methyl sites for hydroxylation is 1. The molecule has 1 aromatic carbocycles. The quantitative estimate of drug-likeness (QED) is 0.741. The third-order valence-corrected chi connectivity index (χ3v) is 5.19. The molecule has 1 aliphatic heterocycles. The van der Waals surface area contributed by atoms with Crippen LogP contribution in [0, 0.1) is 6.92 Å². The van der Waals surface area contributed by atoms with Gasteiger partial charge in [-0.15, -0.1) is 0 Å². The van der Waals surface area contributed by atoms with Crippen LogP contribution in [0.1, 0.15) is 16.8 Å². The largest absolute Gasteiger partial charge is 0.330 e. The van der Waals surface area contributed by atoms with Crippen LogP contribution in [0.15, 0.2) is 42.6 Å². The number of nitrogens with zero attached hydrogens (tertiary/aromatic N) is 3. The van der Waals surface area contributed by atoms with Gasteiger partial charge in [0.05, 0.1) is 11.4 Å². The van der Waals surface area contributed by atoms with E-state index < -0.39 is 0 Å². The number of nitrogens with two attached hydrogens (primary N) is 1. The van der Waals surface area contributed by atoms with Crippen molar-refractivity contribution in [2.24, 2.45) is 5.73 Å². The van der Waals surface area contributed by atoms with Crippen molar-refractivity contribution in [1.29, 1.82) is 0 Å². The molecule has 0 atom stereocenters. The lowest BCUT2D eigenvalue weighted by Crippen LogP contribution is -2.43. The van der Waals surface area contributed by atoms with Gasteiger partial charge in [-0.05, 0) is 37.1 Å². The third kappa shape index (κ3) is 3.38. The number of hydrogen-bond donors (Lipinski definition) is 2. The maximum atomic E-state index is 5.68. The van der Waals surface area contributed by atoms with E-state index in [1.165, 1.54) is 22.4 Å². The Morgan fingerprint density at radius 1 is 1.12 bits per heavy atom. The van der Waals surface area contributed by atoms with Crippen LogP contribution in [0.2, 0.25) is 0 Å². The highest BCUT2D eigenvalue weighted by atomic mass is 15.2. The minimum atomic E-state index is 0.682. The number of piperazine rings is 1. The minimum absolute atomic E-state index is 0.682. The van der Waals surface area contributed by atoms with Crippen molar-refractivity contribution in [2.45, 2.75) is 19.9 Å². The summed E-state index contributed by atoms with van der Waals surface area (Å²) >= 11 is 0. The van der Waals surface area contributed by atoms with E-state index in [1.54, 1.807) is 0 Å². The van der Waals surface area contributed by atoms with Crippen LogP contribution >= 0.6 is 0 Å². The van der Waals surface area contributed by atoms with Gasteiger partial charge in [0.2, 0.25) is 0 Å². The first-order chi connectivity index (χ1) is 12.8. The van der Waals surface area contributed by atoms with Crippen molar-refractivity contribution < 1.29 is 0 Å². The van der Waals surface area contributed by atoms with E-state index >= 15 is 0 Å². The molecule has 0 aliphatic carbocycles. The molecular weight excluding hydrogens is 322 g/mol. The fourth-order valence-electron chi connectivity index (χ4n) is 3.71. The molecule has 3 N–H and O–H groups in total. The molecule has 0 saturated carbocycles. The van der Waals surface area contributed by atoms with E-state index in [2.05, 4.69) is 64.1 Å². The van der Waals surface area contributed by atoms with Crippen molar-refractivity contribution in [1.82, 2.24) is 19.6 Å². The summed E-state index contributed by atoms with van der Waals surface area (Å²) in [5.41, 5.74) is 12.8. The molecule has 2 aromatic heterocycles. The Balaban J connectivity index is 1.76. The molecule has 136 valence electrons. The number of fused-ring (bicyclic) bond motifs is 1. The summed E-state index contributed by atoms with van der Waals surface area (Å²) in [6.45, 7) is 8.00. The van der Waals surface area contributed by atoms with Crippen LogP contribution in [0.5, 0.6) is 0 Å². The minimum Gasteiger partial charge on any atom is -0.330 e. The van der Waals surface area contributed by atoms with Gasteiger partial charge < -0.3 is 15.5 Å². The summed E-state index contributed by atoms with van der Waals surface area (Å²) in [5.74, 6) is 0. The maximum absolute atomic E-state index is 5.68. The Kier molecular flexibility index (Phi) is 5.02. The number of hydrogen-bond acceptors (Lipinski definition) is 4. The van der Waals surface area contributed by atoms with Gasteiger partial charge in [-0.1, -0.05) is 30.3 Å². The summed E-state index contributed by atoms with van der Waals surface area (Å²) in [7, 11) is 0. The van der Waals surface area contributed by atoms with Crippen molar-refractivity contribution >= 4 is 5.65 Å². The zero-order chi connectivity index (χ0) is 17.9. The van der Waals surface area contributed by atoms with Gasteiger partial charge in [0.25, 0.3) is 0 Å². The van der Waals surface area contributed by atoms with Crippen LogP contribution in [-0.4, -0.2) is 47.0 Å². The van der Waals surface area contributed by atoms with Gasteiger partial charge in [-0.25, -0.2) is 4.98 Å². The molecule has 1 saturated heterocycles. The number of imidazole rings is 1. The Morgan fingerprint density at radius 2 is 1.88 bits per heavy atom. The van der Waals surface area contributed by atoms with E-state index in [-0.39, 0.29) is 0 Å². The number of aromatic nitrogens is 2. The molecule has 0 bridgehead atoms. The molecule has 5 nitrogen and oxygen atoms in total. The molecule has 0 unspecified atom stereocenters. The maximum Gasteiger partial charge on any atom is 0.140 e. The SMILES string of the molecule is Cc1cccn2c(CN3CCNCC3)c(-c3ccc(CCN)cc3)nc12. The van der Waals surface area contributed by atoms with Crippen molar-refractivity contribution in [3.8, 4) is 11.3 Å². The van der Waals surface area contributed by atoms with Crippen LogP contribution in [0.3, 0.4) is 0 Å². The summed E-state index contributed by atoms with van der Waals surface area (Å²) in [5, 5.41) is 3.43. The monoisotopic (exact) mass is 349 g/mol. The highest BCUT2D eigenvalue weighted by Crippen LogP contribution is 2.27. The molecule has 0 radical (unpaired) electrons. The first kappa shape index (κ1) is 17.2. The second-order valence-corrected chi connectivity index (χ2v) is 7.05. The summed E-state index contributed by atoms with van der Waals surface area (Å²) in [6, 6.07) is 13.0. The topological polar surface area (TPSA) is 58.6 Å². The summed E-state index contributed by atoms with van der Waals surface area (Å²) in [6.07, 6.45) is 3.05. The number of benzene rings is 1. The lowest BCUT2D eigenvalue weighted by molar-refractivity contribution is 0.230. The zero-order valence-electron chi connectivity index (χ0n) is 15.4. The van der Waals surface area contributed by atoms with Gasteiger partial charge in [0, 0.05) is 44.5 Å². The number of rotatable bonds is 5. The van der Waals surface area contributed by atoms with Gasteiger partial charge in [0.15, 0.2) is 0 Å². The fraction of sp³-hybridized carbons (Fsp3) is 0.381. The molecule has 26 heavy (non-hydrogen) atoms. The predicted octanol–water partition coefficient (Wildman–Crippen LogP) is 2.22. The summed E-state index contributed by atoms with van der Waals surface area (Å²) in [4.78, 5) is 7.53. The molecular formula is C21H27N5. The van der Waals surface area contributed by atoms with E-state index in [1.807, 2.05) is 0 Å². The fourth-order valence-corrected chi connectivity index (χ4v) is 3.71. The van der Waals surface area contributed by atoms with Crippen LogP contribution in [-0.2, 0) is 13.0 Å². The van der Waals surface area contributed by atoms with Gasteiger partial charge in [-0.3, -0.25) is 4.90 Å². The van der Waals surface area contributed by atoms with E-state index in [0.717, 1.165) is 50.5 Å². The molecule has 3 aromatic rings. The Bertz CT molecular complexity index is 875. The van der Waals surface area contributed by atoms with Crippen LogP contribution in [0.25, 0.3) is 16.9 Å². The summed E-state index contributed by atoms with van der Waals surface area (Å²) < 4.78 is 2.26. The standard InChI is InChI=1S/C21H27N5/c1-16-3-2-12-26-19(15-25-13-10-23-11-14-25)20(24-21(16)26)18-6-4-17(5-7-18)8-9-22/h2-7,12,23H,8-11,13-15,22H2,1H3. The molecule has 0 amide bonds. The molecule has 1 aliphatic rings. The number of nitrogens with one attached hydrogen (secondary N) is 1. The smallest absolute Gasteiger partial charge is 0.140 e. The van der Waals surface area contributed by atoms with E-state index in [0.29, 0.717) is 6.54 Å². The average molecular weight is 349 g/mol. The van der Waals surface area contributed by atoms with Gasteiger partial charge >= 0.3 is 0 Å².